The average molecular weight is 618 g/mol. The maximum atomic E-state index is 6.46. The maximum Gasteiger partial charge on any atom is 0.137 e. The normalized spacial score (nSPS) is 11.8. The highest BCUT2D eigenvalue weighted by atomic mass is 32.1. The number of hydrogen-bond acceptors (Lipinski definition) is 3. The lowest BCUT2D eigenvalue weighted by atomic mass is 9.97. The van der Waals surface area contributed by atoms with Crippen molar-refractivity contribution in [1.29, 1.82) is 0 Å². The molecule has 0 aliphatic rings. The van der Waals surface area contributed by atoms with Crippen molar-refractivity contribution in [2.75, 3.05) is 4.90 Å². The molecule has 8 aromatic carbocycles. The third-order valence-electron chi connectivity index (χ3n) is 9.44. The van der Waals surface area contributed by atoms with Crippen LogP contribution < -0.4 is 4.90 Å². The van der Waals surface area contributed by atoms with Crippen molar-refractivity contribution in [2.45, 2.75) is 0 Å². The zero-order valence-corrected chi connectivity index (χ0v) is 26.2. The highest BCUT2D eigenvalue weighted by Crippen LogP contribution is 2.50. The molecule has 2 heterocycles. The monoisotopic (exact) mass is 617 g/mol. The third kappa shape index (κ3) is 4.04. The molecule has 0 bridgehead atoms. The minimum atomic E-state index is 0.882. The molecule has 220 valence electrons. The molecular weight excluding hydrogens is 591 g/mol. The highest BCUT2D eigenvalue weighted by molar-refractivity contribution is 7.26. The Kier molecular flexibility index (Phi) is 5.78. The van der Waals surface area contributed by atoms with Crippen molar-refractivity contribution >= 4 is 92.1 Å². The van der Waals surface area contributed by atoms with Gasteiger partial charge in [0, 0.05) is 43.4 Å². The Morgan fingerprint density at radius 3 is 2.00 bits per heavy atom. The van der Waals surface area contributed by atoms with Gasteiger partial charge >= 0.3 is 0 Å². The van der Waals surface area contributed by atoms with Gasteiger partial charge in [0.05, 0.1) is 16.1 Å². The van der Waals surface area contributed by atoms with Crippen molar-refractivity contribution in [3.05, 3.63) is 164 Å². The van der Waals surface area contributed by atoms with Gasteiger partial charge in [-0.25, -0.2) is 0 Å². The van der Waals surface area contributed by atoms with E-state index in [9.17, 15) is 0 Å². The Labute approximate surface area is 275 Å². The summed E-state index contributed by atoms with van der Waals surface area (Å²) in [6.45, 7) is 0. The van der Waals surface area contributed by atoms with Crippen LogP contribution in [0.3, 0.4) is 0 Å². The summed E-state index contributed by atoms with van der Waals surface area (Å²) in [7, 11) is 0. The van der Waals surface area contributed by atoms with Crippen LogP contribution in [0.15, 0.2) is 168 Å². The van der Waals surface area contributed by atoms with E-state index in [4.69, 9.17) is 4.42 Å². The number of anilines is 3. The van der Waals surface area contributed by atoms with Crippen LogP contribution >= 0.6 is 11.3 Å². The van der Waals surface area contributed by atoms with Crippen LogP contribution in [0, 0.1) is 0 Å². The molecule has 2 aromatic heterocycles. The topological polar surface area (TPSA) is 16.4 Å². The second-order valence-electron chi connectivity index (χ2n) is 12.1. The molecular formula is C44H27NOS. The fourth-order valence-corrected chi connectivity index (χ4v) is 8.56. The van der Waals surface area contributed by atoms with E-state index in [0.29, 0.717) is 0 Å². The van der Waals surface area contributed by atoms with E-state index < -0.39 is 0 Å². The lowest BCUT2D eigenvalue weighted by Gasteiger charge is -2.28. The fraction of sp³-hybridized carbons (Fsp3) is 0. The molecule has 10 aromatic rings. The lowest BCUT2D eigenvalue weighted by molar-refractivity contribution is 0.669. The van der Waals surface area contributed by atoms with Crippen molar-refractivity contribution in [3.63, 3.8) is 0 Å². The molecule has 0 saturated carbocycles. The number of thiophene rings is 1. The van der Waals surface area contributed by atoms with Crippen LogP contribution in [0.25, 0.3) is 74.8 Å². The Balaban J connectivity index is 1.33. The number of nitrogens with zero attached hydrogens (tertiary/aromatic N) is 1. The minimum absolute atomic E-state index is 0.882. The summed E-state index contributed by atoms with van der Waals surface area (Å²) in [5.74, 6) is 0. The number of furan rings is 1. The van der Waals surface area contributed by atoms with Gasteiger partial charge in [-0.2, -0.15) is 0 Å². The standard InChI is InChI=1S/C44H27NOS/c1-2-12-28(13-3-1)32-24-25-38(44-43(32)37-19-9-11-21-42(37)47-44)45(30-22-23-36-35-18-8-10-20-40(35)46-41(36)27-30)39-26-29-14-4-5-15-31(29)33-16-6-7-17-34(33)39/h1-27H. The average Bonchev–Trinajstić information content (AvgIpc) is 3.71. The largest absolute Gasteiger partial charge is 0.456 e. The Morgan fingerprint density at radius 1 is 0.447 bits per heavy atom. The van der Waals surface area contributed by atoms with E-state index in [1.807, 2.05) is 23.5 Å². The predicted octanol–water partition coefficient (Wildman–Crippen LogP) is 13.4. The zero-order chi connectivity index (χ0) is 30.9. The number of rotatable bonds is 4. The molecule has 0 fully saturated rings. The van der Waals surface area contributed by atoms with Gasteiger partial charge in [0.15, 0.2) is 0 Å². The van der Waals surface area contributed by atoms with Crippen molar-refractivity contribution in [3.8, 4) is 11.1 Å². The van der Waals surface area contributed by atoms with Gasteiger partial charge < -0.3 is 9.32 Å². The van der Waals surface area contributed by atoms with Crippen LogP contribution in [0.4, 0.5) is 17.1 Å². The summed E-state index contributed by atoms with van der Waals surface area (Å²) < 4.78 is 9.00. The fourth-order valence-electron chi connectivity index (χ4n) is 7.33. The zero-order valence-electron chi connectivity index (χ0n) is 25.4. The van der Waals surface area contributed by atoms with E-state index in [1.54, 1.807) is 0 Å². The molecule has 0 N–H and O–H groups in total. The first kappa shape index (κ1) is 26.3. The maximum absolute atomic E-state index is 6.46. The van der Waals surface area contributed by atoms with Gasteiger partial charge in [0.25, 0.3) is 0 Å². The highest BCUT2D eigenvalue weighted by Gasteiger charge is 2.23. The molecule has 0 aliphatic carbocycles. The molecule has 47 heavy (non-hydrogen) atoms. The number of hydrogen-bond donors (Lipinski definition) is 0. The quantitative estimate of drug-likeness (QED) is 0.183. The predicted molar refractivity (Wildman–Crippen MR) is 202 cm³/mol. The van der Waals surface area contributed by atoms with Crippen LogP contribution in [-0.4, -0.2) is 0 Å². The van der Waals surface area contributed by atoms with Gasteiger partial charge in [-0.15, -0.1) is 11.3 Å². The summed E-state index contributed by atoms with van der Waals surface area (Å²) in [4.78, 5) is 2.45. The molecule has 0 spiro atoms. The molecule has 0 aliphatic heterocycles. The lowest BCUT2D eigenvalue weighted by Crippen LogP contribution is -2.11. The number of para-hydroxylation sites is 1. The van der Waals surface area contributed by atoms with E-state index >= 15 is 0 Å². The van der Waals surface area contributed by atoms with Crippen LogP contribution in [0.5, 0.6) is 0 Å². The molecule has 0 amide bonds. The first-order valence-electron chi connectivity index (χ1n) is 15.9. The molecule has 2 nitrogen and oxygen atoms in total. The van der Waals surface area contributed by atoms with Gasteiger partial charge in [0.2, 0.25) is 0 Å². The van der Waals surface area contributed by atoms with E-state index in [1.165, 1.54) is 52.8 Å². The van der Waals surface area contributed by atoms with Crippen molar-refractivity contribution < 1.29 is 4.42 Å². The second-order valence-corrected chi connectivity index (χ2v) is 13.1. The van der Waals surface area contributed by atoms with Gasteiger partial charge in [-0.05, 0) is 63.7 Å². The first-order valence-corrected chi connectivity index (χ1v) is 16.7. The third-order valence-corrected chi connectivity index (χ3v) is 10.6. The van der Waals surface area contributed by atoms with Gasteiger partial charge in [-0.1, -0.05) is 121 Å². The Bertz CT molecular complexity index is 2810. The smallest absolute Gasteiger partial charge is 0.137 e. The SMILES string of the molecule is c1ccc(-c2ccc(N(c3ccc4c(c3)oc3ccccc34)c3cc4ccccc4c4ccccc34)c3sc4ccccc4c23)cc1. The molecule has 3 heteroatoms. The molecule has 0 saturated heterocycles. The van der Waals surface area contributed by atoms with Gasteiger partial charge in [0.1, 0.15) is 11.2 Å². The minimum Gasteiger partial charge on any atom is -0.456 e. The summed E-state index contributed by atoms with van der Waals surface area (Å²) in [5, 5.41) is 9.74. The van der Waals surface area contributed by atoms with Crippen molar-refractivity contribution in [1.82, 2.24) is 0 Å². The Hall–Kier alpha value is -5.90. The van der Waals surface area contributed by atoms with Crippen LogP contribution in [-0.2, 0) is 0 Å². The van der Waals surface area contributed by atoms with Crippen LogP contribution in [0.1, 0.15) is 0 Å². The van der Waals surface area contributed by atoms with Crippen molar-refractivity contribution in [2.24, 2.45) is 0 Å². The summed E-state index contributed by atoms with van der Waals surface area (Å²) in [5.41, 5.74) is 7.60. The summed E-state index contributed by atoms with van der Waals surface area (Å²) in [6.07, 6.45) is 0. The number of benzene rings is 8. The molecule has 10 rings (SSSR count). The molecule has 0 atom stereocenters. The summed E-state index contributed by atoms with van der Waals surface area (Å²) in [6, 6.07) is 59.0. The van der Waals surface area contributed by atoms with E-state index in [-0.39, 0.29) is 0 Å². The molecule has 0 radical (unpaired) electrons. The Morgan fingerprint density at radius 2 is 1.13 bits per heavy atom. The first-order chi connectivity index (χ1) is 23.3. The van der Waals surface area contributed by atoms with E-state index in [0.717, 1.165) is 39.0 Å². The molecule has 0 unspecified atom stereocenters. The summed E-state index contributed by atoms with van der Waals surface area (Å²) >= 11 is 1.87. The van der Waals surface area contributed by atoms with Crippen LogP contribution in [0.2, 0.25) is 0 Å². The second kappa shape index (κ2) is 10.3. The van der Waals surface area contributed by atoms with E-state index in [2.05, 4.69) is 157 Å². The number of fused-ring (bicyclic) bond motifs is 9. The van der Waals surface area contributed by atoms with Gasteiger partial charge in [-0.3, -0.25) is 0 Å².